The van der Waals surface area contributed by atoms with Gasteiger partial charge in [0.1, 0.15) is 20.7 Å². The molecule has 1 N–H and O–H groups in total. The third-order valence-corrected chi connectivity index (χ3v) is 7.07. The highest BCUT2D eigenvalue weighted by atomic mass is 32.2. The number of carboxylic acids is 1. The van der Waals surface area contributed by atoms with Crippen molar-refractivity contribution in [1.82, 2.24) is 4.31 Å². The van der Waals surface area contributed by atoms with Gasteiger partial charge in [-0.25, -0.2) is 8.42 Å². The van der Waals surface area contributed by atoms with E-state index in [1.54, 1.807) is 6.92 Å². The summed E-state index contributed by atoms with van der Waals surface area (Å²) in [5.41, 5.74) is -1.37. The number of hydrogen-bond donors (Lipinski definition) is 1. The van der Waals surface area contributed by atoms with Gasteiger partial charge in [0.2, 0.25) is 0 Å². The highest BCUT2D eigenvalue weighted by Crippen LogP contribution is 2.38. The van der Waals surface area contributed by atoms with Crippen LogP contribution in [0.3, 0.4) is 0 Å². The second-order valence-electron chi connectivity index (χ2n) is 4.60. The Hall–Kier alpha value is -1.43. The number of sulfonamides is 1. The van der Waals surface area contributed by atoms with E-state index in [1.165, 1.54) is 12.1 Å². The van der Waals surface area contributed by atoms with Gasteiger partial charge >= 0.3 is 5.97 Å². The van der Waals surface area contributed by atoms with Crippen molar-refractivity contribution in [1.29, 1.82) is 5.26 Å². The first kappa shape index (κ1) is 15.0. The summed E-state index contributed by atoms with van der Waals surface area (Å²) in [4.78, 5) is 11.8. The molecule has 6 nitrogen and oxygen atoms in total. The molecule has 0 bridgehead atoms. The summed E-state index contributed by atoms with van der Waals surface area (Å²) in [7, 11) is -3.87. The van der Waals surface area contributed by atoms with E-state index in [0.717, 1.165) is 15.6 Å². The molecule has 0 saturated carbocycles. The van der Waals surface area contributed by atoms with Gasteiger partial charge < -0.3 is 5.11 Å². The topological polar surface area (TPSA) is 98.5 Å². The number of hydrogen-bond acceptors (Lipinski definition) is 5. The van der Waals surface area contributed by atoms with Crippen LogP contribution in [-0.4, -0.2) is 35.9 Å². The average Bonchev–Trinajstić information content (AvgIpc) is 3.06. The first-order valence-corrected chi connectivity index (χ1v) is 8.40. The van der Waals surface area contributed by atoms with Crippen molar-refractivity contribution in [2.75, 3.05) is 6.54 Å². The Bertz CT molecular complexity index is 674. The molecule has 1 saturated heterocycles. The fraction of sp³-hybridized carbons (Fsp3) is 0.500. The van der Waals surface area contributed by atoms with Crippen LogP contribution in [0.25, 0.3) is 0 Å². The van der Waals surface area contributed by atoms with Gasteiger partial charge in [-0.05, 0) is 31.4 Å². The van der Waals surface area contributed by atoms with Crippen molar-refractivity contribution < 1.29 is 18.3 Å². The fourth-order valence-corrected chi connectivity index (χ4v) is 5.63. The number of nitrogens with zero attached hydrogens (tertiary/aromatic N) is 2. The Kier molecular flexibility index (Phi) is 3.86. The van der Waals surface area contributed by atoms with E-state index in [4.69, 9.17) is 5.26 Å². The lowest BCUT2D eigenvalue weighted by molar-refractivity contribution is -0.147. The quantitative estimate of drug-likeness (QED) is 0.911. The van der Waals surface area contributed by atoms with Gasteiger partial charge in [0.25, 0.3) is 10.0 Å². The summed E-state index contributed by atoms with van der Waals surface area (Å²) < 4.78 is 26.3. The lowest BCUT2D eigenvalue weighted by Gasteiger charge is -2.32. The third-order valence-electron chi connectivity index (χ3n) is 3.65. The SMILES string of the molecule is CCC1(C(=O)O)CCCN1S(=O)(=O)c1ccc(C#N)s1. The fourth-order valence-electron chi connectivity index (χ4n) is 2.55. The molecular formula is C12H14N2O4S2. The normalized spacial score (nSPS) is 23.6. The largest absolute Gasteiger partial charge is 0.480 e. The van der Waals surface area contributed by atoms with Crippen LogP contribution < -0.4 is 0 Å². The maximum absolute atomic E-state index is 12.6. The number of aliphatic carboxylic acids is 1. The van der Waals surface area contributed by atoms with Crippen molar-refractivity contribution >= 4 is 27.3 Å². The second kappa shape index (κ2) is 5.16. The van der Waals surface area contributed by atoms with E-state index in [-0.39, 0.29) is 17.2 Å². The molecule has 1 aliphatic rings. The number of thiophene rings is 1. The van der Waals surface area contributed by atoms with E-state index in [1.807, 2.05) is 6.07 Å². The molecule has 20 heavy (non-hydrogen) atoms. The maximum Gasteiger partial charge on any atom is 0.325 e. The van der Waals surface area contributed by atoms with Gasteiger partial charge in [-0.15, -0.1) is 11.3 Å². The summed E-state index contributed by atoms with van der Waals surface area (Å²) in [6, 6.07) is 4.68. The standard InChI is InChI=1S/C12H14N2O4S2/c1-2-12(11(15)16)6-3-7-14(12)20(17,18)10-5-4-9(8-13)19-10/h4-5H,2-3,6-7H2,1H3,(H,15,16). The van der Waals surface area contributed by atoms with Gasteiger partial charge in [0, 0.05) is 6.54 Å². The lowest BCUT2D eigenvalue weighted by atomic mass is 9.95. The third kappa shape index (κ3) is 2.12. The molecule has 2 heterocycles. The summed E-state index contributed by atoms with van der Waals surface area (Å²) in [5, 5.41) is 18.2. The molecule has 0 spiro atoms. The lowest BCUT2D eigenvalue weighted by Crippen LogP contribution is -2.52. The molecule has 1 aliphatic heterocycles. The zero-order valence-electron chi connectivity index (χ0n) is 10.9. The smallest absolute Gasteiger partial charge is 0.325 e. The van der Waals surface area contributed by atoms with Crippen LogP contribution in [-0.2, 0) is 14.8 Å². The van der Waals surface area contributed by atoms with E-state index in [2.05, 4.69) is 0 Å². The van der Waals surface area contributed by atoms with Gasteiger partial charge in [-0.2, -0.15) is 9.57 Å². The Labute approximate surface area is 121 Å². The number of rotatable bonds is 4. The monoisotopic (exact) mass is 314 g/mol. The first-order chi connectivity index (χ1) is 9.38. The average molecular weight is 314 g/mol. The molecule has 1 fully saturated rings. The first-order valence-electron chi connectivity index (χ1n) is 6.14. The van der Waals surface area contributed by atoms with Crippen molar-refractivity contribution in [3.05, 3.63) is 17.0 Å². The molecule has 1 aromatic heterocycles. The van der Waals surface area contributed by atoms with Crippen LogP contribution in [0.5, 0.6) is 0 Å². The summed E-state index contributed by atoms with van der Waals surface area (Å²) in [5.74, 6) is -1.11. The van der Waals surface area contributed by atoms with E-state index < -0.39 is 21.5 Å². The van der Waals surface area contributed by atoms with Crippen molar-refractivity contribution in [2.24, 2.45) is 0 Å². The van der Waals surface area contributed by atoms with Crippen LogP contribution in [0.1, 0.15) is 31.1 Å². The second-order valence-corrected chi connectivity index (χ2v) is 7.77. The van der Waals surface area contributed by atoms with Crippen LogP contribution in [0.4, 0.5) is 0 Å². The maximum atomic E-state index is 12.6. The molecule has 1 aromatic rings. The van der Waals surface area contributed by atoms with Crippen LogP contribution in [0, 0.1) is 11.3 Å². The number of nitriles is 1. The molecule has 2 rings (SSSR count). The Morgan fingerprint density at radius 2 is 2.30 bits per heavy atom. The van der Waals surface area contributed by atoms with Gasteiger partial charge in [0.15, 0.2) is 0 Å². The van der Waals surface area contributed by atoms with Crippen LogP contribution in [0.2, 0.25) is 0 Å². The van der Waals surface area contributed by atoms with Crippen molar-refractivity contribution in [3.8, 4) is 6.07 Å². The molecular weight excluding hydrogens is 300 g/mol. The predicted octanol–water partition coefficient (Wildman–Crippen LogP) is 1.64. The minimum atomic E-state index is -3.87. The Morgan fingerprint density at radius 3 is 2.80 bits per heavy atom. The molecule has 0 aromatic carbocycles. The van der Waals surface area contributed by atoms with E-state index in [9.17, 15) is 18.3 Å². The zero-order chi connectivity index (χ0) is 15.0. The van der Waals surface area contributed by atoms with Crippen molar-refractivity contribution in [3.63, 3.8) is 0 Å². The molecule has 108 valence electrons. The molecule has 0 aliphatic carbocycles. The molecule has 1 unspecified atom stereocenters. The molecule has 0 radical (unpaired) electrons. The molecule has 1 atom stereocenters. The van der Waals surface area contributed by atoms with Crippen molar-refractivity contribution in [2.45, 2.75) is 35.9 Å². The molecule has 8 heteroatoms. The summed E-state index contributed by atoms with van der Waals surface area (Å²) in [6.45, 7) is 1.87. The van der Waals surface area contributed by atoms with Crippen LogP contribution >= 0.6 is 11.3 Å². The Morgan fingerprint density at radius 1 is 1.60 bits per heavy atom. The zero-order valence-corrected chi connectivity index (χ0v) is 12.5. The molecule has 0 amide bonds. The summed E-state index contributed by atoms with van der Waals surface area (Å²) >= 11 is 0.866. The predicted molar refractivity (Wildman–Crippen MR) is 72.8 cm³/mol. The number of carboxylic acid groups (broad SMARTS) is 1. The van der Waals surface area contributed by atoms with Gasteiger partial charge in [0.05, 0.1) is 0 Å². The Balaban J connectivity index is 2.48. The summed E-state index contributed by atoms with van der Waals surface area (Å²) in [6.07, 6.45) is 1.06. The minimum absolute atomic E-state index is 0.0232. The van der Waals surface area contributed by atoms with Gasteiger partial charge in [-0.3, -0.25) is 4.79 Å². The van der Waals surface area contributed by atoms with Crippen LogP contribution in [0.15, 0.2) is 16.3 Å². The number of carbonyl (C=O) groups is 1. The highest BCUT2D eigenvalue weighted by Gasteiger charge is 2.52. The van der Waals surface area contributed by atoms with Gasteiger partial charge in [-0.1, -0.05) is 6.92 Å². The minimum Gasteiger partial charge on any atom is -0.480 e. The van der Waals surface area contributed by atoms with E-state index >= 15 is 0 Å². The van der Waals surface area contributed by atoms with E-state index in [0.29, 0.717) is 17.7 Å². The highest BCUT2D eigenvalue weighted by molar-refractivity contribution is 7.91.